The maximum Gasteiger partial charge on any atom is 0.451 e. The Hall–Kier alpha value is -3.25. The third-order valence-corrected chi connectivity index (χ3v) is 5.05. The number of carbonyl (C=O) groups is 1. The molecule has 4 rings (SSSR count). The first kappa shape index (κ1) is 22.9. The summed E-state index contributed by atoms with van der Waals surface area (Å²) in [6.45, 7) is 3.63. The molecule has 1 aliphatic rings. The number of benzene rings is 1. The average molecular weight is 482 g/mol. The number of rotatable bonds is 3. The molecule has 0 aliphatic carbocycles. The van der Waals surface area contributed by atoms with Crippen molar-refractivity contribution < 1.29 is 22.8 Å². The average Bonchev–Trinajstić information content (AvgIpc) is 3.21. The second kappa shape index (κ2) is 8.94. The standard InChI is InChI=1S/C20H19ClF3N7O2/c1-12-9-17(28-19(27-12)20(22,23)24)30-8-7-29(11-13(2)33-30)18(32)15-10-14(21)3-4-16(15)31-25-5-6-26-31/h3-6,9-10,13H,7-8,11H2,1-2H3/t13-/m0/s1. The van der Waals surface area contributed by atoms with Crippen LogP contribution in [0.5, 0.6) is 0 Å². The zero-order chi connectivity index (χ0) is 23.8. The van der Waals surface area contributed by atoms with Gasteiger partial charge in [-0.05, 0) is 32.0 Å². The molecule has 0 spiro atoms. The van der Waals surface area contributed by atoms with Crippen molar-refractivity contribution >= 4 is 23.3 Å². The van der Waals surface area contributed by atoms with Gasteiger partial charge in [0.2, 0.25) is 5.82 Å². The number of hydrogen-bond donors (Lipinski definition) is 0. The first-order valence-corrected chi connectivity index (χ1v) is 10.3. The van der Waals surface area contributed by atoms with E-state index in [1.54, 1.807) is 24.0 Å². The van der Waals surface area contributed by atoms with Crippen molar-refractivity contribution in [3.8, 4) is 5.69 Å². The molecule has 13 heteroatoms. The van der Waals surface area contributed by atoms with Crippen LogP contribution >= 0.6 is 11.6 Å². The van der Waals surface area contributed by atoms with Gasteiger partial charge < -0.3 is 4.90 Å². The Bertz CT molecular complexity index is 1160. The fraction of sp³-hybridized carbons (Fsp3) is 0.350. The van der Waals surface area contributed by atoms with E-state index in [4.69, 9.17) is 16.4 Å². The topological polar surface area (TPSA) is 89.3 Å². The van der Waals surface area contributed by atoms with E-state index in [9.17, 15) is 18.0 Å². The van der Waals surface area contributed by atoms with E-state index in [2.05, 4.69) is 20.2 Å². The van der Waals surface area contributed by atoms with Crippen molar-refractivity contribution in [2.24, 2.45) is 0 Å². The van der Waals surface area contributed by atoms with Crippen LogP contribution in [0.15, 0.2) is 36.7 Å². The molecule has 1 amide bonds. The van der Waals surface area contributed by atoms with E-state index < -0.39 is 18.1 Å². The van der Waals surface area contributed by atoms with Crippen LogP contribution in [0.1, 0.15) is 28.8 Å². The number of carbonyl (C=O) groups excluding carboxylic acids is 1. The first-order chi connectivity index (χ1) is 15.6. The predicted molar refractivity (Wildman–Crippen MR) is 112 cm³/mol. The summed E-state index contributed by atoms with van der Waals surface area (Å²) >= 11 is 6.13. The molecular weight excluding hydrogens is 463 g/mol. The minimum Gasteiger partial charge on any atom is -0.334 e. The second-order valence-electron chi connectivity index (χ2n) is 7.44. The Morgan fingerprint density at radius 1 is 1.15 bits per heavy atom. The molecule has 0 N–H and O–H groups in total. The largest absolute Gasteiger partial charge is 0.451 e. The van der Waals surface area contributed by atoms with Gasteiger partial charge in [-0.2, -0.15) is 28.2 Å². The van der Waals surface area contributed by atoms with Crippen molar-refractivity contribution in [1.82, 2.24) is 29.9 Å². The Kier molecular flexibility index (Phi) is 6.21. The number of anilines is 1. The minimum atomic E-state index is -4.69. The summed E-state index contributed by atoms with van der Waals surface area (Å²) < 4.78 is 39.5. The van der Waals surface area contributed by atoms with Gasteiger partial charge in [0, 0.05) is 29.9 Å². The first-order valence-electron chi connectivity index (χ1n) is 9.94. The molecule has 0 radical (unpaired) electrons. The third-order valence-electron chi connectivity index (χ3n) is 4.82. The van der Waals surface area contributed by atoms with Crippen molar-refractivity contribution in [3.63, 3.8) is 0 Å². The van der Waals surface area contributed by atoms with Crippen LogP contribution in [0, 0.1) is 6.92 Å². The molecule has 0 saturated carbocycles. The molecule has 3 heterocycles. The van der Waals surface area contributed by atoms with Crippen molar-refractivity contribution in [3.05, 3.63) is 58.8 Å². The van der Waals surface area contributed by atoms with Gasteiger partial charge in [-0.15, -0.1) is 0 Å². The molecule has 1 aliphatic heterocycles. The van der Waals surface area contributed by atoms with Gasteiger partial charge in [0.05, 0.1) is 30.2 Å². The normalized spacial score (nSPS) is 17.2. The van der Waals surface area contributed by atoms with E-state index in [0.29, 0.717) is 10.7 Å². The fourth-order valence-corrected chi connectivity index (χ4v) is 3.61. The lowest BCUT2D eigenvalue weighted by Crippen LogP contribution is -2.37. The molecule has 3 aromatic rings. The van der Waals surface area contributed by atoms with Crippen molar-refractivity contribution in [2.45, 2.75) is 26.1 Å². The lowest BCUT2D eigenvalue weighted by atomic mass is 10.1. The van der Waals surface area contributed by atoms with Crippen LogP contribution in [0.3, 0.4) is 0 Å². The van der Waals surface area contributed by atoms with E-state index in [0.717, 1.165) is 0 Å². The summed E-state index contributed by atoms with van der Waals surface area (Å²) in [6, 6.07) is 6.20. The Morgan fingerprint density at radius 3 is 2.58 bits per heavy atom. The van der Waals surface area contributed by atoms with Gasteiger partial charge in [-0.3, -0.25) is 9.63 Å². The maximum absolute atomic E-state index is 13.4. The quantitative estimate of drug-likeness (QED) is 0.567. The van der Waals surface area contributed by atoms with Crippen molar-refractivity contribution in [1.29, 1.82) is 0 Å². The predicted octanol–water partition coefficient (Wildman–Crippen LogP) is 3.32. The van der Waals surface area contributed by atoms with E-state index in [1.165, 1.54) is 41.3 Å². The lowest BCUT2D eigenvalue weighted by molar-refractivity contribution is -0.145. The second-order valence-corrected chi connectivity index (χ2v) is 7.87. The van der Waals surface area contributed by atoms with Gasteiger partial charge in [-0.25, -0.2) is 15.0 Å². The highest BCUT2D eigenvalue weighted by Gasteiger charge is 2.36. The molecule has 0 unspecified atom stereocenters. The SMILES string of the molecule is Cc1cc(N2CCN(C(=O)c3cc(Cl)ccc3-n3nccn3)C[C@H](C)O2)nc(C(F)(F)F)n1. The van der Waals surface area contributed by atoms with Gasteiger partial charge in [0.15, 0.2) is 5.82 Å². The van der Waals surface area contributed by atoms with E-state index >= 15 is 0 Å². The fourth-order valence-electron chi connectivity index (χ4n) is 3.44. The summed E-state index contributed by atoms with van der Waals surface area (Å²) in [5.74, 6) is -1.61. The molecule has 1 atom stereocenters. The van der Waals surface area contributed by atoms with Crippen LogP contribution in [-0.2, 0) is 11.0 Å². The van der Waals surface area contributed by atoms with Crippen LogP contribution in [0.25, 0.3) is 5.69 Å². The summed E-state index contributed by atoms with van der Waals surface area (Å²) in [6.07, 6.45) is -2.24. The third kappa shape index (κ3) is 5.06. The molecule has 2 aromatic heterocycles. The molecule has 33 heavy (non-hydrogen) atoms. The highest BCUT2D eigenvalue weighted by molar-refractivity contribution is 6.31. The van der Waals surface area contributed by atoms with E-state index in [1.807, 2.05) is 0 Å². The molecule has 0 bridgehead atoms. The van der Waals surface area contributed by atoms with Crippen LogP contribution < -0.4 is 5.06 Å². The Labute approximate surface area is 191 Å². The zero-order valence-corrected chi connectivity index (χ0v) is 18.4. The van der Waals surface area contributed by atoms with Crippen LogP contribution in [0.4, 0.5) is 19.0 Å². The molecule has 174 valence electrons. The number of amides is 1. The van der Waals surface area contributed by atoms with Crippen molar-refractivity contribution in [2.75, 3.05) is 24.7 Å². The smallest absolute Gasteiger partial charge is 0.334 e. The number of hydroxylamine groups is 1. The highest BCUT2D eigenvalue weighted by atomic mass is 35.5. The summed E-state index contributed by atoms with van der Waals surface area (Å²) in [5, 5.41) is 9.78. The summed E-state index contributed by atoms with van der Waals surface area (Å²) in [5.41, 5.74) is 0.887. The van der Waals surface area contributed by atoms with Gasteiger partial charge in [0.1, 0.15) is 6.10 Å². The van der Waals surface area contributed by atoms with E-state index in [-0.39, 0.29) is 42.6 Å². The molecule has 1 aromatic carbocycles. The molecule has 1 fully saturated rings. The number of alkyl halides is 3. The number of halogens is 4. The Balaban J connectivity index is 1.60. The highest BCUT2D eigenvalue weighted by Crippen LogP contribution is 2.29. The number of nitrogens with zero attached hydrogens (tertiary/aromatic N) is 7. The molecule has 1 saturated heterocycles. The Morgan fingerprint density at radius 2 is 1.88 bits per heavy atom. The van der Waals surface area contributed by atoms with Crippen LogP contribution in [0.2, 0.25) is 5.02 Å². The maximum atomic E-state index is 13.4. The monoisotopic (exact) mass is 481 g/mol. The number of aryl methyl sites for hydroxylation is 1. The lowest BCUT2D eigenvalue weighted by Gasteiger charge is -2.23. The number of aromatic nitrogens is 5. The molecule has 9 nitrogen and oxygen atoms in total. The van der Waals surface area contributed by atoms with Gasteiger partial charge in [-0.1, -0.05) is 11.6 Å². The zero-order valence-electron chi connectivity index (χ0n) is 17.6. The minimum absolute atomic E-state index is 0.0276. The summed E-state index contributed by atoms with van der Waals surface area (Å²) in [7, 11) is 0. The van der Waals surface area contributed by atoms with Crippen LogP contribution in [-0.4, -0.2) is 61.5 Å². The summed E-state index contributed by atoms with van der Waals surface area (Å²) in [4.78, 5) is 29.1. The molecular formula is C20H19ClF3N7O2. The number of hydrogen-bond acceptors (Lipinski definition) is 7. The van der Waals surface area contributed by atoms with Gasteiger partial charge in [0.25, 0.3) is 5.91 Å². The van der Waals surface area contributed by atoms with Gasteiger partial charge >= 0.3 is 6.18 Å².